The molecule has 3 N–H and O–H groups in total. The molecule has 2 aromatic carbocycles. The quantitative estimate of drug-likeness (QED) is 0.854. The summed E-state index contributed by atoms with van der Waals surface area (Å²) in [5.74, 6) is -0.263. The lowest BCUT2D eigenvalue weighted by molar-refractivity contribution is -0.118. The Morgan fingerprint density at radius 1 is 1.16 bits per heavy atom. The summed E-state index contributed by atoms with van der Waals surface area (Å²) in [7, 11) is -3.72. The minimum atomic E-state index is -3.72. The van der Waals surface area contributed by atoms with Gasteiger partial charge in [0.15, 0.2) is 0 Å². The van der Waals surface area contributed by atoms with E-state index in [4.69, 9.17) is 16.7 Å². The molecule has 7 heteroatoms. The zero-order valence-electron chi connectivity index (χ0n) is 13.9. The Labute approximate surface area is 152 Å². The van der Waals surface area contributed by atoms with Crippen molar-refractivity contribution < 1.29 is 13.2 Å². The van der Waals surface area contributed by atoms with Gasteiger partial charge in [-0.3, -0.25) is 4.79 Å². The zero-order valence-corrected chi connectivity index (χ0v) is 15.4. The fourth-order valence-corrected chi connectivity index (χ4v) is 4.11. The van der Waals surface area contributed by atoms with Crippen molar-refractivity contribution in [3.05, 3.63) is 59.1 Å². The summed E-state index contributed by atoms with van der Waals surface area (Å²) >= 11 is 5.95. The molecule has 0 aromatic heterocycles. The molecule has 3 rings (SSSR count). The van der Waals surface area contributed by atoms with Gasteiger partial charge in [0, 0.05) is 16.6 Å². The van der Waals surface area contributed by atoms with Crippen molar-refractivity contribution in [3.63, 3.8) is 0 Å². The summed E-state index contributed by atoms with van der Waals surface area (Å²) in [6, 6.07) is 13.4. The summed E-state index contributed by atoms with van der Waals surface area (Å²) in [5, 5.41) is 8.58. The number of hydrogen-bond donors (Lipinski definition) is 2. The SMILES string of the molecule is CC1(C)[C@H](C(=O)Nc2cccc(Cl)c2)[C@H]1c1ccc(S(N)(=O)=O)cc1. The third-order valence-corrected chi connectivity index (χ3v) is 5.93. The van der Waals surface area contributed by atoms with Crippen molar-refractivity contribution in [2.24, 2.45) is 16.5 Å². The van der Waals surface area contributed by atoms with Gasteiger partial charge in [0.25, 0.3) is 0 Å². The second-order valence-electron chi connectivity index (χ2n) is 6.89. The van der Waals surface area contributed by atoms with Crippen LogP contribution >= 0.6 is 11.6 Å². The van der Waals surface area contributed by atoms with Crippen LogP contribution in [0.1, 0.15) is 25.3 Å². The normalized spacial score (nSPS) is 21.6. The molecule has 0 radical (unpaired) electrons. The number of halogens is 1. The zero-order chi connectivity index (χ0) is 18.4. The number of anilines is 1. The Hall–Kier alpha value is -1.89. The number of hydrogen-bond acceptors (Lipinski definition) is 3. The lowest BCUT2D eigenvalue weighted by atomic mass is 10.0. The van der Waals surface area contributed by atoms with Crippen molar-refractivity contribution in [2.75, 3.05) is 5.32 Å². The largest absolute Gasteiger partial charge is 0.326 e. The first-order valence-electron chi connectivity index (χ1n) is 7.80. The summed E-state index contributed by atoms with van der Waals surface area (Å²) in [6.45, 7) is 4.04. The van der Waals surface area contributed by atoms with E-state index in [1.807, 2.05) is 13.8 Å². The van der Waals surface area contributed by atoms with Gasteiger partial charge in [-0.25, -0.2) is 13.6 Å². The van der Waals surface area contributed by atoms with Crippen LogP contribution in [0.2, 0.25) is 5.02 Å². The van der Waals surface area contributed by atoms with Crippen LogP contribution in [-0.4, -0.2) is 14.3 Å². The highest BCUT2D eigenvalue weighted by atomic mass is 35.5. The second-order valence-corrected chi connectivity index (χ2v) is 8.89. The van der Waals surface area contributed by atoms with E-state index in [1.54, 1.807) is 36.4 Å². The molecule has 25 heavy (non-hydrogen) atoms. The number of nitrogens with two attached hydrogens (primary N) is 1. The number of nitrogens with one attached hydrogen (secondary N) is 1. The molecule has 0 spiro atoms. The third-order valence-electron chi connectivity index (χ3n) is 4.77. The maximum absolute atomic E-state index is 12.6. The van der Waals surface area contributed by atoms with Crippen LogP contribution in [0.15, 0.2) is 53.4 Å². The van der Waals surface area contributed by atoms with E-state index in [1.165, 1.54) is 12.1 Å². The summed E-state index contributed by atoms with van der Waals surface area (Å²) in [5.41, 5.74) is 1.36. The topological polar surface area (TPSA) is 89.3 Å². The Balaban J connectivity index is 1.78. The molecule has 1 saturated carbocycles. The highest BCUT2D eigenvalue weighted by Gasteiger charge is 2.62. The van der Waals surface area contributed by atoms with Crippen LogP contribution in [0.4, 0.5) is 5.69 Å². The van der Waals surface area contributed by atoms with Gasteiger partial charge in [-0.1, -0.05) is 43.6 Å². The van der Waals surface area contributed by atoms with Gasteiger partial charge in [-0.15, -0.1) is 0 Å². The predicted molar refractivity (Wildman–Crippen MR) is 97.9 cm³/mol. The van der Waals surface area contributed by atoms with Crippen LogP contribution in [-0.2, 0) is 14.8 Å². The lowest BCUT2D eigenvalue weighted by Crippen LogP contribution is -2.16. The molecule has 1 amide bonds. The Morgan fingerprint density at radius 3 is 2.36 bits per heavy atom. The summed E-state index contributed by atoms with van der Waals surface area (Å²) in [4.78, 5) is 12.7. The van der Waals surface area contributed by atoms with Gasteiger partial charge in [0.2, 0.25) is 15.9 Å². The minimum Gasteiger partial charge on any atom is -0.326 e. The maximum Gasteiger partial charge on any atom is 0.238 e. The predicted octanol–water partition coefficient (Wildman–Crippen LogP) is 3.37. The average Bonchev–Trinajstić information content (AvgIpc) is 3.09. The second kappa shape index (κ2) is 6.12. The van der Waals surface area contributed by atoms with Crippen molar-refractivity contribution in [1.29, 1.82) is 0 Å². The van der Waals surface area contributed by atoms with Crippen molar-refractivity contribution in [2.45, 2.75) is 24.7 Å². The Bertz CT molecular complexity index is 924. The van der Waals surface area contributed by atoms with Gasteiger partial charge in [0.05, 0.1) is 10.8 Å². The number of carbonyl (C=O) groups excluding carboxylic acids is 1. The monoisotopic (exact) mass is 378 g/mol. The average molecular weight is 379 g/mol. The Morgan fingerprint density at radius 2 is 1.80 bits per heavy atom. The molecule has 0 bridgehead atoms. The molecule has 1 aliphatic carbocycles. The van der Waals surface area contributed by atoms with Crippen LogP contribution in [0.5, 0.6) is 0 Å². The highest BCUT2D eigenvalue weighted by molar-refractivity contribution is 7.89. The molecule has 0 aliphatic heterocycles. The standard InChI is InChI=1S/C18H19ClN2O3S/c1-18(2)15(11-6-8-14(9-7-11)25(20,23)24)16(18)17(22)21-13-5-3-4-12(19)10-13/h3-10,15-16H,1-2H3,(H,21,22)(H2,20,23,24)/t15-,16+/m1/s1. The van der Waals surface area contributed by atoms with E-state index < -0.39 is 10.0 Å². The number of amides is 1. The summed E-state index contributed by atoms with van der Waals surface area (Å²) < 4.78 is 22.7. The van der Waals surface area contributed by atoms with E-state index in [-0.39, 0.29) is 28.1 Å². The number of primary sulfonamides is 1. The molecule has 132 valence electrons. The Kier molecular flexibility index (Phi) is 4.39. The van der Waals surface area contributed by atoms with Crippen LogP contribution in [0.25, 0.3) is 0 Å². The molecular weight excluding hydrogens is 360 g/mol. The smallest absolute Gasteiger partial charge is 0.238 e. The van der Waals surface area contributed by atoms with E-state index in [0.29, 0.717) is 10.7 Å². The third kappa shape index (κ3) is 3.56. The van der Waals surface area contributed by atoms with Gasteiger partial charge >= 0.3 is 0 Å². The molecular formula is C18H19ClN2O3S. The first kappa shape index (κ1) is 17.9. The first-order chi connectivity index (χ1) is 11.6. The molecule has 1 fully saturated rings. The van der Waals surface area contributed by atoms with Crippen LogP contribution in [0.3, 0.4) is 0 Å². The van der Waals surface area contributed by atoms with Crippen molar-refractivity contribution >= 4 is 33.2 Å². The van der Waals surface area contributed by atoms with Gasteiger partial charge in [0.1, 0.15) is 0 Å². The van der Waals surface area contributed by atoms with E-state index in [2.05, 4.69) is 5.32 Å². The van der Waals surface area contributed by atoms with Gasteiger partial charge < -0.3 is 5.32 Å². The number of sulfonamides is 1. The van der Waals surface area contributed by atoms with Crippen LogP contribution in [0, 0.1) is 11.3 Å². The maximum atomic E-state index is 12.6. The van der Waals surface area contributed by atoms with Gasteiger partial charge in [-0.05, 0) is 41.3 Å². The lowest BCUT2D eigenvalue weighted by Gasteiger charge is -2.06. The van der Waals surface area contributed by atoms with Crippen molar-refractivity contribution in [1.82, 2.24) is 0 Å². The molecule has 0 unspecified atom stereocenters. The van der Waals surface area contributed by atoms with Gasteiger partial charge in [-0.2, -0.15) is 0 Å². The van der Waals surface area contributed by atoms with E-state index in [9.17, 15) is 13.2 Å². The van der Waals surface area contributed by atoms with E-state index in [0.717, 1.165) is 5.56 Å². The fraction of sp³-hybridized carbons (Fsp3) is 0.278. The number of benzene rings is 2. The van der Waals surface area contributed by atoms with Crippen molar-refractivity contribution in [3.8, 4) is 0 Å². The molecule has 5 nitrogen and oxygen atoms in total. The first-order valence-corrected chi connectivity index (χ1v) is 9.72. The molecule has 2 aromatic rings. The van der Waals surface area contributed by atoms with Crippen LogP contribution < -0.4 is 10.5 Å². The van der Waals surface area contributed by atoms with E-state index >= 15 is 0 Å². The summed E-state index contributed by atoms with van der Waals surface area (Å²) in [6.07, 6.45) is 0. The number of carbonyl (C=O) groups is 1. The minimum absolute atomic E-state index is 0.0150. The molecule has 2 atom stereocenters. The molecule has 1 aliphatic rings. The molecule has 0 heterocycles. The fourth-order valence-electron chi connectivity index (χ4n) is 3.40. The highest BCUT2D eigenvalue weighted by Crippen LogP contribution is 2.64. The molecule has 0 saturated heterocycles. The number of rotatable bonds is 4.